The minimum Gasteiger partial charge on any atom is -0.0877 e. The molecule has 0 N–H and O–H groups in total. The van der Waals surface area contributed by atoms with Crippen molar-refractivity contribution in [2.45, 2.75) is 13.3 Å². The van der Waals surface area contributed by atoms with E-state index in [0.717, 1.165) is 6.42 Å². The molecule has 0 radical (unpaired) electrons. The van der Waals surface area contributed by atoms with Gasteiger partial charge in [0.05, 0.1) is 0 Å². The third-order valence-electron chi connectivity index (χ3n) is 2.28. The van der Waals surface area contributed by atoms with Crippen LogP contribution in [0.2, 0.25) is 0 Å². The number of rotatable bonds is 3. The standard InChI is InChI=1S/C16H20P/c1-3-4-5-7-11-16-12-8-6-9-14-17(2)15-10-13-16/h3-10,12-15H,11H2,1-2H3/q+1/b4-3-,7-5-,8-6?,9-6?,12-8?,13-10?,14-9?,15-10?,16-12?,16-13?. The first-order chi connectivity index (χ1) is 8.33. The topological polar surface area (TPSA) is 0 Å². The zero-order valence-corrected chi connectivity index (χ0v) is 11.5. The van der Waals surface area contributed by atoms with E-state index in [1.54, 1.807) is 0 Å². The van der Waals surface area contributed by atoms with Crippen molar-refractivity contribution in [3.05, 3.63) is 77.9 Å². The molecule has 0 aliphatic rings. The van der Waals surface area contributed by atoms with E-state index in [0.29, 0.717) is 0 Å². The molecule has 1 aromatic heterocycles. The molecule has 0 fully saturated rings. The van der Waals surface area contributed by atoms with E-state index >= 15 is 0 Å². The minimum absolute atomic E-state index is 0.102. The normalized spacial score (nSPS) is 11.8. The van der Waals surface area contributed by atoms with Gasteiger partial charge in [-0.3, -0.25) is 0 Å². The molecular weight excluding hydrogens is 223 g/mol. The molecule has 0 aliphatic carbocycles. The van der Waals surface area contributed by atoms with Crippen LogP contribution in [-0.4, -0.2) is 0 Å². The second-order valence-electron chi connectivity index (χ2n) is 3.80. The summed E-state index contributed by atoms with van der Waals surface area (Å²) in [4.78, 5) is 0. The Bertz CT molecular complexity index is 443. The molecule has 1 heteroatoms. The lowest BCUT2D eigenvalue weighted by Crippen LogP contribution is -1.75. The first kappa shape index (κ1) is 13.7. The van der Waals surface area contributed by atoms with Crippen LogP contribution in [0.15, 0.2) is 72.3 Å². The molecule has 17 heavy (non-hydrogen) atoms. The molecule has 0 saturated carbocycles. The van der Waals surface area contributed by atoms with Crippen LogP contribution in [0.3, 0.4) is 0 Å². The van der Waals surface area contributed by atoms with Gasteiger partial charge < -0.3 is 0 Å². The van der Waals surface area contributed by atoms with Gasteiger partial charge >= 0.3 is 0 Å². The van der Waals surface area contributed by atoms with E-state index in [9.17, 15) is 0 Å². The Balaban J connectivity index is 2.89. The highest BCUT2D eigenvalue weighted by molar-refractivity contribution is 7.46. The summed E-state index contributed by atoms with van der Waals surface area (Å²) in [6, 6.07) is 12.9. The van der Waals surface area contributed by atoms with Gasteiger partial charge in [0, 0.05) is 0 Å². The Kier molecular flexibility index (Phi) is 7.02. The van der Waals surface area contributed by atoms with E-state index in [1.165, 1.54) is 5.56 Å². The molecule has 1 heterocycles. The van der Waals surface area contributed by atoms with E-state index in [1.807, 2.05) is 13.0 Å². The van der Waals surface area contributed by atoms with Gasteiger partial charge in [-0.15, -0.1) is 0 Å². The Morgan fingerprint density at radius 2 is 1.76 bits per heavy atom. The number of hydrogen-bond donors (Lipinski definition) is 0. The molecular formula is C16H20P+. The van der Waals surface area contributed by atoms with Gasteiger partial charge in [0.25, 0.3) is 0 Å². The van der Waals surface area contributed by atoms with Crippen LogP contribution in [0, 0.1) is 0 Å². The highest BCUT2D eigenvalue weighted by atomic mass is 31.1. The van der Waals surface area contributed by atoms with E-state index < -0.39 is 0 Å². The molecule has 1 unspecified atom stereocenters. The Morgan fingerprint density at radius 1 is 1.00 bits per heavy atom. The van der Waals surface area contributed by atoms with Crippen molar-refractivity contribution >= 4 is 7.53 Å². The van der Waals surface area contributed by atoms with Crippen molar-refractivity contribution in [2.24, 2.45) is 6.66 Å². The highest BCUT2D eigenvalue weighted by Crippen LogP contribution is 2.16. The molecule has 0 spiro atoms. The average molecular weight is 243 g/mol. The number of allylic oxidation sites excluding steroid dienone is 4. The molecule has 1 aromatic rings. The second-order valence-corrected chi connectivity index (χ2v) is 5.73. The summed E-state index contributed by atoms with van der Waals surface area (Å²) in [7, 11) is -0.102. The van der Waals surface area contributed by atoms with Crippen molar-refractivity contribution in [2.75, 3.05) is 0 Å². The van der Waals surface area contributed by atoms with Gasteiger partial charge in [-0.2, -0.15) is 0 Å². The van der Waals surface area contributed by atoms with E-state index in [2.05, 4.69) is 72.9 Å². The monoisotopic (exact) mass is 243 g/mol. The second kappa shape index (κ2) is 8.73. The maximum atomic E-state index is 2.27. The summed E-state index contributed by atoms with van der Waals surface area (Å²) < 4.78 is 0. The van der Waals surface area contributed by atoms with Crippen molar-refractivity contribution in [1.82, 2.24) is 0 Å². The van der Waals surface area contributed by atoms with Crippen LogP contribution in [0.25, 0.3) is 0 Å². The third-order valence-corrected chi connectivity index (χ3v) is 3.56. The minimum atomic E-state index is -0.102. The zero-order valence-electron chi connectivity index (χ0n) is 10.6. The Hall–Kier alpha value is -1.39. The smallest absolute Gasteiger partial charge is 0.0877 e. The molecule has 0 nitrogen and oxygen atoms in total. The Morgan fingerprint density at radius 3 is 2.59 bits per heavy atom. The van der Waals surface area contributed by atoms with Gasteiger partial charge in [0.15, 0.2) is 0 Å². The summed E-state index contributed by atoms with van der Waals surface area (Å²) >= 11 is 0. The van der Waals surface area contributed by atoms with Crippen LogP contribution in [0.5, 0.6) is 0 Å². The lowest BCUT2D eigenvalue weighted by molar-refractivity contribution is 1.28. The van der Waals surface area contributed by atoms with Crippen molar-refractivity contribution in [1.29, 1.82) is 0 Å². The van der Waals surface area contributed by atoms with Gasteiger partial charge in [-0.1, -0.05) is 48.6 Å². The molecule has 0 amide bonds. The first-order valence-corrected chi connectivity index (χ1v) is 7.81. The fourth-order valence-corrected chi connectivity index (χ4v) is 2.19. The first-order valence-electron chi connectivity index (χ1n) is 5.88. The van der Waals surface area contributed by atoms with Crippen LogP contribution in [0.4, 0.5) is 0 Å². The summed E-state index contributed by atoms with van der Waals surface area (Å²) in [5.74, 6) is 4.52. The summed E-state index contributed by atoms with van der Waals surface area (Å²) in [5.41, 5.74) is 1.33. The molecule has 0 bridgehead atoms. The predicted molar refractivity (Wildman–Crippen MR) is 79.8 cm³/mol. The van der Waals surface area contributed by atoms with Crippen LogP contribution in [-0.2, 0) is 13.1 Å². The van der Waals surface area contributed by atoms with Crippen LogP contribution in [0.1, 0.15) is 12.5 Å². The van der Waals surface area contributed by atoms with E-state index in [4.69, 9.17) is 0 Å². The number of hydrogen-bond acceptors (Lipinski definition) is 0. The molecule has 88 valence electrons. The van der Waals surface area contributed by atoms with Gasteiger partial charge in [-0.25, -0.2) is 0 Å². The van der Waals surface area contributed by atoms with Crippen LogP contribution < -0.4 is 0 Å². The predicted octanol–water partition coefficient (Wildman–Crippen LogP) is 5.29. The highest BCUT2D eigenvalue weighted by Gasteiger charge is 1.87. The average Bonchev–Trinajstić information content (AvgIpc) is 2.33. The largest absolute Gasteiger partial charge is 0.121 e. The van der Waals surface area contributed by atoms with Gasteiger partial charge in [0.2, 0.25) is 0 Å². The molecule has 1 atom stereocenters. The maximum Gasteiger partial charge on any atom is 0.121 e. The van der Waals surface area contributed by atoms with Crippen molar-refractivity contribution in [3.63, 3.8) is 0 Å². The zero-order chi connectivity index (χ0) is 12.3. The molecule has 0 saturated heterocycles. The lowest BCUT2D eigenvalue weighted by atomic mass is 10.2. The SMILES string of the molecule is C/C=C\C=C/Cc1ccccc[p+](C)ccc1. The summed E-state index contributed by atoms with van der Waals surface area (Å²) in [5, 5.41) is 0. The van der Waals surface area contributed by atoms with Crippen molar-refractivity contribution < 1.29 is 0 Å². The van der Waals surface area contributed by atoms with Gasteiger partial charge in [-0.05, 0) is 31.0 Å². The van der Waals surface area contributed by atoms with Gasteiger partial charge in [0.1, 0.15) is 25.8 Å². The lowest BCUT2D eigenvalue weighted by Gasteiger charge is -1.90. The summed E-state index contributed by atoms with van der Waals surface area (Å²) in [6.45, 7) is 4.28. The summed E-state index contributed by atoms with van der Waals surface area (Å²) in [6.07, 6.45) is 9.34. The Labute approximate surface area is 106 Å². The quantitative estimate of drug-likeness (QED) is 0.633. The fourth-order valence-electron chi connectivity index (χ4n) is 1.37. The van der Waals surface area contributed by atoms with E-state index in [-0.39, 0.29) is 7.53 Å². The maximum absolute atomic E-state index is 2.27. The van der Waals surface area contributed by atoms with Crippen LogP contribution >= 0.6 is 7.53 Å². The molecule has 1 rings (SSSR count). The number of aryl methyl sites for hydroxylation is 1. The third kappa shape index (κ3) is 6.71. The molecule has 0 aromatic carbocycles. The van der Waals surface area contributed by atoms with Crippen molar-refractivity contribution in [3.8, 4) is 0 Å². The fraction of sp³-hybridized carbons (Fsp3) is 0.188. The molecule has 0 aliphatic heterocycles.